The van der Waals surface area contributed by atoms with Gasteiger partial charge in [0.05, 0.1) is 12.5 Å². The van der Waals surface area contributed by atoms with Crippen LogP contribution in [0.15, 0.2) is 12.4 Å². The Hall–Kier alpha value is -1.89. The second kappa shape index (κ2) is 7.78. The monoisotopic (exact) mass is 295 g/mol. The zero-order chi connectivity index (χ0) is 15.1. The van der Waals surface area contributed by atoms with Crippen molar-refractivity contribution in [1.82, 2.24) is 9.97 Å². The Morgan fingerprint density at radius 2 is 2.19 bits per heavy atom. The molecule has 7 nitrogen and oxygen atoms in total. The third-order valence-corrected chi connectivity index (χ3v) is 3.59. The van der Waals surface area contributed by atoms with Gasteiger partial charge in [-0.1, -0.05) is 0 Å². The summed E-state index contributed by atoms with van der Waals surface area (Å²) in [4.78, 5) is 19.7. The van der Waals surface area contributed by atoms with Crippen molar-refractivity contribution in [2.75, 3.05) is 31.7 Å². The van der Waals surface area contributed by atoms with E-state index < -0.39 is 11.9 Å². The van der Waals surface area contributed by atoms with Crippen LogP contribution < -0.4 is 10.1 Å². The number of aromatic nitrogens is 2. The molecule has 1 aromatic heterocycles. The zero-order valence-corrected chi connectivity index (χ0v) is 12.1. The number of carboxylic acid groups (broad SMARTS) is 1. The number of hydrogen-bond acceptors (Lipinski definition) is 6. The minimum Gasteiger partial charge on any atom is -0.481 e. The van der Waals surface area contributed by atoms with E-state index in [2.05, 4.69) is 15.3 Å². The van der Waals surface area contributed by atoms with Crippen LogP contribution in [0.5, 0.6) is 5.88 Å². The van der Waals surface area contributed by atoms with E-state index in [0.29, 0.717) is 38.1 Å². The minimum atomic E-state index is -0.795. The third kappa shape index (κ3) is 4.29. The third-order valence-electron chi connectivity index (χ3n) is 3.59. The molecule has 0 radical (unpaired) electrons. The lowest BCUT2D eigenvalue weighted by Gasteiger charge is -2.27. The molecule has 1 atom stereocenters. The van der Waals surface area contributed by atoms with Crippen LogP contribution in [-0.4, -0.2) is 47.4 Å². The summed E-state index contributed by atoms with van der Waals surface area (Å²) in [5.74, 6) is -0.258. The number of rotatable bonds is 7. The molecule has 116 valence electrons. The van der Waals surface area contributed by atoms with Gasteiger partial charge in [-0.25, -0.2) is 9.97 Å². The van der Waals surface area contributed by atoms with Crippen molar-refractivity contribution >= 4 is 11.8 Å². The number of aliphatic carboxylic acids is 1. The molecule has 0 aromatic carbocycles. The lowest BCUT2D eigenvalue weighted by molar-refractivity contribution is -0.144. The van der Waals surface area contributed by atoms with Gasteiger partial charge >= 0.3 is 5.97 Å². The van der Waals surface area contributed by atoms with Crippen molar-refractivity contribution in [3.8, 4) is 5.88 Å². The fraction of sp³-hybridized carbons (Fsp3) is 0.643. The van der Waals surface area contributed by atoms with E-state index in [-0.39, 0.29) is 5.92 Å². The molecule has 0 amide bonds. The number of nitrogens with zero attached hydrogens (tertiary/aromatic N) is 2. The molecule has 2 N–H and O–H groups in total. The molecule has 1 aromatic rings. The first-order valence-electron chi connectivity index (χ1n) is 7.20. The molecular formula is C14H21N3O4. The second-order valence-electron chi connectivity index (χ2n) is 4.92. The lowest BCUT2D eigenvalue weighted by atomic mass is 9.86. The first-order chi connectivity index (χ1) is 10.2. The SMILES string of the molecule is CCOc1nccnc1NCC(C(=O)O)C1CCOCC1. The summed E-state index contributed by atoms with van der Waals surface area (Å²) in [5, 5.41) is 12.5. The number of carbonyl (C=O) groups is 1. The molecule has 21 heavy (non-hydrogen) atoms. The molecule has 7 heteroatoms. The highest BCUT2D eigenvalue weighted by atomic mass is 16.5. The fourth-order valence-electron chi connectivity index (χ4n) is 2.47. The summed E-state index contributed by atoms with van der Waals surface area (Å²) in [6, 6.07) is 0. The van der Waals surface area contributed by atoms with Crippen LogP contribution in [-0.2, 0) is 9.53 Å². The van der Waals surface area contributed by atoms with Gasteiger partial charge in [-0.05, 0) is 25.7 Å². The summed E-state index contributed by atoms with van der Waals surface area (Å²) in [6.45, 7) is 3.91. The van der Waals surface area contributed by atoms with Crippen molar-refractivity contribution in [1.29, 1.82) is 0 Å². The van der Waals surface area contributed by atoms with Gasteiger partial charge in [0.2, 0.25) is 0 Å². The maximum absolute atomic E-state index is 11.5. The highest BCUT2D eigenvalue weighted by molar-refractivity contribution is 5.71. The average Bonchev–Trinajstić information content (AvgIpc) is 2.50. The lowest BCUT2D eigenvalue weighted by Crippen LogP contribution is -2.34. The molecule has 1 aliphatic heterocycles. The molecule has 0 aliphatic carbocycles. The van der Waals surface area contributed by atoms with Crippen LogP contribution in [0, 0.1) is 11.8 Å². The standard InChI is InChI=1S/C14H21N3O4/c1-2-21-13-12(15-5-6-16-13)17-9-11(14(18)19)10-3-7-20-8-4-10/h5-6,10-11H,2-4,7-9H2,1H3,(H,15,17)(H,18,19). The van der Waals surface area contributed by atoms with E-state index in [1.165, 1.54) is 0 Å². The topological polar surface area (TPSA) is 93.6 Å². The Bertz CT molecular complexity index is 463. The van der Waals surface area contributed by atoms with Crippen LogP contribution in [0.3, 0.4) is 0 Å². The van der Waals surface area contributed by atoms with Gasteiger partial charge < -0.3 is 19.9 Å². The predicted octanol–water partition coefficient (Wildman–Crippen LogP) is 1.41. The smallest absolute Gasteiger partial charge is 0.308 e. The number of anilines is 1. The van der Waals surface area contributed by atoms with Crippen molar-refractivity contribution in [2.45, 2.75) is 19.8 Å². The van der Waals surface area contributed by atoms with E-state index in [9.17, 15) is 9.90 Å². The van der Waals surface area contributed by atoms with Gasteiger partial charge in [0, 0.05) is 32.2 Å². The van der Waals surface area contributed by atoms with Crippen molar-refractivity contribution in [3.63, 3.8) is 0 Å². The van der Waals surface area contributed by atoms with Gasteiger partial charge in [0.15, 0.2) is 5.82 Å². The largest absolute Gasteiger partial charge is 0.481 e. The normalized spacial score (nSPS) is 17.2. The Morgan fingerprint density at radius 1 is 1.48 bits per heavy atom. The Labute approximate surface area is 123 Å². The van der Waals surface area contributed by atoms with E-state index in [4.69, 9.17) is 9.47 Å². The first-order valence-corrected chi connectivity index (χ1v) is 7.20. The predicted molar refractivity (Wildman–Crippen MR) is 76.4 cm³/mol. The highest BCUT2D eigenvalue weighted by Gasteiger charge is 2.29. The van der Waals surface area contributed by atoms with E-state index >= 15 is 0 Å². The van der Waals surface area contributed by atoms with Crippen molar-refractivity contribution in [3.05, 3.63) is 12.4 Å². The van der Waals surface area contributed by atoms with Crippen LogP contribution in [0.25, 0.3) is 0 Å². The fourth-order valence-corrected chi connectivity index (χ4v) is 2.47. The molecule has 1 saturated heterocycles. The minimum absolute atomic E-state index is 0.121. The van der Waals surface area contributed by atoms with Gasteiger partial charge in [0.25, 0.3) is 5.88 Å². The number of hydrogen-bond donors (Lipinski definition) is 2. The van der Waals surface area contributed by atoms with Gasteiger partial charge in [-0.3, -0.25) is 4.79 Å². The van der Waals surface area contributed by atoms with E-state index in [1.807, 2.05) is 6.92 Å². The summed E-state index contributed by atoms with van der Waals surface area (Å²) in [6.07, 6.45) is 4.65. The molecular weight excluding hydrogens is 274 g/mol. The quantitative estimate of drug-likeness (QED) is 0.785. The van der Waals surface area contributed by atoms with Crippen LogP contribution in [0.2, 0.25) is 0 Å². The molecule has 0 spiro atoms. The van der Waals surface area contributed by atoms with E-state index in [0.717, 1.165) is 12.8 Å². The second-order valence-corrected chi connectivity index (χ2v) is 4.92. The molecule has 1 unspecified atom stereocenters. The number of nitrogens with one attached hydrogen (secondary N) is 1. The average molecular weight is 295 g/mol. The first kappa shape index (κ1) is 15.5. The van der Waals surface area contributed by atoms with Gasteiger partial charge in [-0.15, -0.1) is 0 Å². The number of carboxylic acids is 1. The maximum Gasteiger partial charge on any atom is 0.308 e. The van der Waals surface area contributed by atoms with Crippen molar-refractivity contribution in [2.24, 2.45) is 11.8 Å². The highest BCUT2D eigenvalue weighted by Crippen LogP contribution is 2.25. The Balaban J connectivity index is 1.99. The van der Waals surface area contributed by atoms with E-state index in [1.54, 1.807) is 12.4 Å². The molecule has 2 heterocycles. The van der Waals surface area contributed by atoms with Crippen LogP contribution >= 0.6 is 0 Å². The van der Waals surface area contributed by atoms with Crippen molar-refractivity contribution < 1.29 is 19.4 Å². The Morgan fingerprint density at radius 3 is 2.86 bits per heavy atom. The molecule has 1 aliphatic rings. The number of ether oxygens (including phenoxy) is 2. The van der Waals surface area contributed by atoms with Crippen LogP contribution in [0.4, 0.5) is 5.82 Å². The zero-order valence-electron chi connectivity index (χ0n) is 12.1. The molecule has 1 fully saturated rings. The summed E-state index contributed by atoms with van der Waals surface area (Å²) in [7, 11) is 0. The summed E-state index contributed by atoms with van der Waals surface area (Å²) >= 11 is 0. The van der Waals surface area contributed by atoms with Gasteiger partial charge in [-0.2, -0.15) is 0 Å². The molecule has 0 saturated carbocycles. The summed E-state index contributed by atoms with van der Waals surface area (Å²) in [5.41, 5.74) is 0. The van der Waals surface area contributed by atoms with Crippen LogP contribution in [0.1, 0.15) is 19.8 Å². The molecule has 2 rings (SSSR count). The van der Waals surface area contributed by atoms with Gasteiger partial charge in [0.1, 0.15) is 0 Å². The Kier molecular flexibility index (Phi) is 5.74. The molecule has 0 bridgehead atoms. The summed E-state index contributed by atoms with van der Waals surface area (Å²) < 4.78 is 10.7. The maximum atomic E-state index is 11.5.